The minimum Gasteiger partial charge on any atom is -0.483 e. The number of hydrogen-bond acceptors (Lipinski definition) is 5. The normalized spacial score (nSPS) is 14.5. The molecule has 0 unspecified atom stereocenters. The third kappa shape index (κ3) is 3.18. The zero-order valence-electron chi connectivity index (χ0n) is 14.7. The van der Waals surface area contributed by atoms with E-state index in [9.17, 15) is 4.79 Å². The van der Waals surface area contributed by atoms with Gasteiger partial charge in [-0.3, -0.25) is 14.8 Å². The van der Waals surface area contributed by atoms with Gasteiger partial charge in [0.1, 0.15) is 11.1 Å². The molecule has 0 atom stereocenters. The molecular formula is C20H19N3O3. The van der Waals surface area contributed by atoms with E-state index in [1.165, 1.54) is 0 Å². The summed E-state index contributed by atoms with van der Waals surface area (Å²) in [5, 5.41) is 2.83. The Bertz CT molecular complexity index is 980. The highest BCUT2D eigenvalue weighted by atomic mass is 16.5. The van der Waals surface area contributed by atoms with Crippen molar-refractivity contribution in [2.24, 2.45) is 0 Å². The number of amides is 1. The Labute approximate surface area is 151 Å². The molecule has 0 saturated heterocycles. The number of nitrogens with one attached hydrogen (secondary N) is 1. The Morgan fingerprint density at radius 1 is 1.19 bits per heavy atom. The standard InChI is InChI=1S/C20H19N3O3/c1-20(2)11-13-5-3-8-16(19(13)26-20)25-12-17(24)23-15-7-4-6-14-18(15)22-10-9-21-14/h3-10H,11-12H2,1-2H3,(H,23,24). The molecule has 26 heavy (non-hydrogen) atoms. The molecule has 2 heterocycles. The zero-order valence-corrected chi connectivity index (χ0v) is 14.7. The fourth-order valence-electron chi connectivity index (χ4n) is 3.12. The van der Waals surface area contributed by atoms with Crippen LogP contribution in [0.25, 0.3) is 11.0 Å². The Balaban J connectivity index is 1.46. The lowest BCUT2D eigenvalue weighted by atomic mass is 10.0. The summed E-state index contributed by atoms with van der Waals surface area (Å²) in [6.07, 6.45) is 4.04. The molecule has 1 aromatic heterocycles. The van der Waals surface area contributed by atoms with E-state index >= 15 is 0 Å². The molecule has 2 aromatic carbocycles. The third-order valence-electron chi connectivity index (χ3n) is 4.19. The predicted octanol–water partition coefficient (Wildman–Crippen LogP) is 3.36. The Morgan fingerprint density at radius 2 is 2.00 bits per heavy atom. The van der Waals surface area contributed by atoms with E-state index in [4.69, 9.17) is 9.47 Å². The molecule has 1 amide bonds. The van der Waals surface area contributed by atoms with Crippen molar-refractivity contribution in [3.63, 3.8) is 0 Å². The summed E-state index contributed by atoms with van der Waals surface area (Å²) in [6, 6.07) is 11.2. The number of benzene rings is 2. The first-order chi connectivity index (χ1) is 12.5. The van der Waals surface area contributed by atoms with Crippen LogP contribution >= 0.6 is 0 Å². The van der Waals surface area contributed by atoms with Gasteiger partial charge in [-0.15, -0.1) is 0 Å². The van der Waals surface area contributed by atoms with Gasteiger partial charge in [0.15, 0.2) is 18.1 Å². The Hall–Kier alpha value is -3.15. The van der Waals surface area contributed by atoms with Crippen LogP contribution in [0.5, 0.6) is 11.5 Å². The highest BCUT2D eigenvalue weighted by molar-refractivity contribution is 5.99. The summed E-state index contributed by atoms with van der Waals surface area (Å²) < 4.78 is 11.7. The number of hydrogen-bond donors (Lipinski definition) is 1. The van der Waals surface area contributed by atoms with E-state index in [2.05, 4.69) is 15.3 Å². The van der Waals surface area contributed by atoms with Gasteiger partial charge in [-0.25, -0.2) is 0 Å². The van der Waals surface area contributed by atoms with Gasteiger partial charge in [-0.2, -0.15) is 0 Å². The molecule has 4 rings (SSSR count). The van der Waals surface area contributed by atoms with Gasteiger partial charge >= 0.3 is 0 Å². The smallest absolute Gasteiger partial charge is 0.262 e. The number of aromatic nitrogens is 2. The number of anilines is 1. The number of carbonyl (C=O) groups is 1. The minimum atomic E-state index is -0.266. The lowest BCUT2D eigenvalue weighted by molar-refractivity contribution is -0.118. The average Bonchev–Trinajstić information content (AvgIpc) is 2.94. The van der Waals surface area contributed by atoms with Crippen molar-refractivity contribution < 1.29 is 14.3 Å². The number of rotatable bonds is 4. The lowest BCUT2D eigenvalue weighted by Crippen LogP contribution is -2.25. The van der Waals surface area contributed by atoms with Crippen molar-refractivity contribution in [2.75, 3.05) is 11.9 Å². The molecule has 0 radical (unpaired) electrons. The molecule has 1 aliphatic heterocycles. The van der Waals surface area contributed by atoms with E-state index in [0.717, 1.165) is 23.3 Å². The second-order valence-corrected chi connectivity index (χ2v) is 6.85. The van der Waals surface area contributed by atoms with Crippen LogP contribution in [0.1, 0.15) is 19.4 Å². The summed E-state index contributed by atoms with van der Waals surface area (Å²) in [5.74, 6) is 1.04. The first kappa shape index (κ1) is 16.3. The van der Waals surface area contributed by atoms with Gasteiger partial charge in [-0.1, -0.05) is 18.2 Å². The predicted molar refractivity (Wildman–Crippen MR) is 98.5 cm³/mol. The molecule has 6 heteroatoms. The highest BCUT2D eigenvalue weighted by Crippen LogP contribution is 2.41. The van der Waals surface area contributed by atoms with Gasteiger partial charge in [0.2, 0.25) is 0 Å². The van der Waals surface area contributed by atoms with Crippen LogP contribution in [0, 0.1) is 0 Å². The minimum absolute atomic E-state index is 0.114. The van der Waals surface area contributed by atoms with Crippen molar-refractivity contribution in [3.05, 3.63) is 54.4 Å². The highest BCUT2D eigenvalue weighted by Gasteiger charge is 2.32. The van der Waals surface area contributed by atoms with Crippen LogP contribution in [-0.2, 0) is 11.2 Å². The first-order valence-electron chi connectivity index (χ1n) is 8.45. The lowest BCUT2D eigenvalue weighted by Gasteiger charge is -2.18. The van der Waals surface area contributed by atoms with Crippen LogP contribution in [0.2, 0.25) is 0 Å². The van der Waals surface area contributed by atoms with Gasteiger partial charge in [0.05, 0.1) is 11.2 Å². The molecule has 3 aromatic rings. The van der Waals surface area contributed by atoms with E-state index in [-0.39, 0.29) is 18.1 Å². The molecule has 0 fully saturated rings. The zero-order chi connectivity index (χ0) is 18.1. The maximum absolute atomic E-state index is 12.3. The summed E-state index contributed by atoms with van der Waals surface area (Å²) in [5.41, 5.74) is 2.82. The van der Waals surface area contributed by atoms with Gasteiger partial charge < -0.3 is 14.8 Å². The topological polar surface area (TPSA) is 73.3 Å². The van der Waals surface area contributed by atoms with Crippen LogP contribution in [-0.4, -0.2) is 28.1 Å². The Kier molecular flexibility index (Phi) is 3.95. The largest absolute Gasteiger partial charge is 0.483 e. The fraction of sp³-hybridized carbons (Fsp3) is 0.250. The SMILES string of the molecule is CC1(C)Cc2cccc(OCC(=O)Nc3cccc4nccnc34)c2O1. The van der Waals surface area contributed by atoms with Crippen LogP contribution < -0.4 is 14.8 Å². The van der Waals surface area contributed by atoms with Crippen LogP contribution in [0.15, 0.2) is 48.8 Å². The summed E-state index contributed by atoms with van der Waals surface area (Å²) in [7, 11) is 0. The monoisotopic (exact) mass is 349 g/mol. The van der Waals surface area contributed by atoms with Crippen LogP contribution in [0.4, 0.5) is 5.69 Å². The van der Waals surface area contributed by atoms with Gasteiger partial charge in [-0.05, 0) is 32.0 Å². The second kappa shape index (κ2) is 6.29. The first-order valence-corrected chi connectivity index (χ1v) is 8.45. The van der Waals surface area contributed by atoms with Gasteiger partial charge in [0, 0.05) is 24.4 Å². The van der Waals surface area contributed by atoms with Crippen molar-refractivity contribution in [2.45, 2.75) is 25.9 Å². The summed E-state index contributed by atoms with van der Waals surface area (Å²) >= 11 is 0. The molecule has 0 saturated carbocycles. The molecular weight excluding hydrogens is 330 g/mol. The second-order valence-electron chi connectivity index (χ2n) is 6.85. The maximum Gasteiger partial charge on any atom is 0.262 e. The van der Waals surface area contributed by atoms with Gasteiger partial charge in [0.25, 0.3) is 5.91 Å². The van der Waals surface area contributed by atoms with Crippen molar-refractivity contribution >= 4 is 22.6 Å². The summed E-state index contributed by atoms with van der Waals surface area (Å²) in [6.45, 7) is 3.95. The average molecular weight is 349 g/mol. The third-order valence-corrected chi connectivity index (χ3v) is 4.19. The maximum atomic E-state index is 12.3. The summed E-state index contributed by atoms with van der Waals surface area (Å²) in [4.78, 5) is 20.8. The number of ether oxygens (including phenoxy) is 2. The fourth-order valence-corrected chi connectivity index (χ4v) is 3.12. The Morgan fingerprint density at radius 3 is 2.88 bits per heavy atom. The molecule has 0 spiro atoms. The van der Waals surface area contributed by atoms with Crippen LogP contribution in [0.3, 0.4) is 0 Å². The number of para-hydroxylation sites is 2. The van der Waals surface area contributed by atoms with E-state index in [0.29, 0.717) is 17.0 Å². The number of nitrogens with zero attached hydrogens (tertiary/aromatic N) is 2. The molecule has 132 valence electrons. The van der Waals surface area contributed by atoms with Crippen molar-refractivity contribution in [1.29, 1.82) is 0 Å². The molecule has 0 aliphatic carbocycles. The molecule has 0 bridgehead atoms. The molecule has 6 nitrogen and oxygen atoms in total. The quantitative estimate of drug-likeness (QED) is 0.782. The number of carbonyl (C=O) groups excluding carboxylic acids is 1. The van der Waals surface area contributed by atoms with E-state index < -0.39 is 0 Å². The molecule has 1 N–H and O–H groups in total. The van der Waals surface area contributed by atoms with E-state index in [1.807, 2.05) is 44.2 Å². The van der Waals surface area contributed by atoms with E-state index in [1.54, 1.807) is 18.5 Å². The number of fused-ring (bicyclic) bond motifs is 2. The van der Waals surface area contributed by atoms with Crippen molar-refractivity contribution in [1.82, 2.24) is 9.97 Å². The van der Waals surface area contributed by atoms with Crippen molar-refractivity contribution in [3.8, 4) is 11.5 Å². The molecule has 1 aliphatic rings.